The molecular formula is C14H26N2O3. The van der Waals surface area contributed by atoms with Gasteiger partial charge in [-0.2, -0.15) is 0 Å². The number of carbonyl (C=O) groups excluding carboxylic acids is 1. The lowest BCUT2D eigenvalue weighted by Crippen LogP contribution is -2.55. The molecule has 1 rings (SSSR count). The van der Waals surface area contributed by atoms with E-state index in [2.05, 4.69) is 13.8 Å². The predicted octanol–water partition coefficient (Wildman–Crippen LogP) is 2.41. The number of urea groups is 1. The van der Waals surface area contributed by atoms with Gasteiger partial charge >= 0.3 is 12.0 Å². The molecule has 0 radical (unpaired) electrons. The van der Waals surface area contributed by atoms with Gasteiger partial charge in [-0.1, -0.05) is 13.8 Å². The molecule has 0 heterocycles. The number of rotatable bonds is 6. The summed E-state index contributed by atoms with van der Waals surface area (Å²) in [6.45, 7) is 8.07. The highest BCUT2D eigenvalue weighted by atomic mass is 16.4. The zero-order valence-electron chi connectivity index (χ0n) is 12.6. The van der Waals surface area contributed by atoms with Crippen LogP contribution in [0.4, 0.5) is 4.79 Å². The van der Waals surface area contributed by atoms with E-state index in [-0.39, 0.29) is 6.03 Å². The van der Waals surface area contributed by atoms with Crippen LogP contribution in [0.5, 0.6) is 0 Å². The van der Waals surface area contributed by atoms with E-state index >= 15 is 0 Å². The van der Waals surface area contributed by atoms with E-state index in [0.29, 0.717) is 18.5 Å². The zero-order chi connectivity index (χ0) is 14.8. The highest BCUT2D eigenvalue weighted by Gasteiger charge is 2.41. The lowest BCUT2D eigenvalue weighted by Gasteiger charge is -2.36. The molecule has 1 fully saturated rings. The van der Waals surface area contributed by atoms with Gasteiger partial charge in [-0.3, -0.25) is 0 Å². The molecule has 2 amide bonds. The molecule has 0 bridgehead atoms. The molecule has 5 heteroatoms. The van der Waals surface area contributed by atoms with Crippen LogP contribution in [0, 0.1) is 5.92 Å². The van der Waals surface area contributed by atoms with Crippen molar-refractivity contribution in [3.8, 4) is 0 Å². The van der Waals surface area contributed by atoms with Crippen molar-refractivity contribution < 1.29 is 14.7 Å². The summed E-state index contributed by atoms with van der Waals surface area (Å²) >= 11 is 0. The van der Waals surface area contributed by atoms with Gasteiger partial charge in [0.15, 0.2) is 0 Å². The minimum Gasteiger partial charge on any atom is -0.480 e. The maximum absolute atomic E-state index is 12.5. The molecule has 1 aliphatic carbocycles. The van der Waals surface area contributed by atoms with E-state index in [1.54, 1.807) is 20.9 Å². The van der Waals surface area contributed by atoms with Crippen LogP contribution in [0.1, 0.15) is 47.0 Å². The normalized spacial score (nSPS) is 15.5. The lowest BCUT2D eigenvalue weighted by molar-refractivity contribution is -0.147. The summed E-state index contributed by atoms with van der Waals surface area (Å²) < 4.78 is 0. The van der Waals surface area contributed by atoms with Crippen LogP contribution >= 0.6 is 0 Å². The van der Waals surface area contributed by atoms with Gasteiger partial charge in [-0.25, -0.2) is 9.59 Å². The summed E-state index contributed by atoms with van der Waals surface area (Å²) in [5, 5.41) is 9.20. The Kier molecular flexibility index (Phi) is 4.82. The maximum atomic E-state index is 12.5. The van der Waals surface area contributed by atoms with E-state index in [9.17, 15) is 14.7 Å². The minimum absolute atomic E-state index is 0.171. The Morgan fingerprint density at radius 1 is 1.32 bits per heavy atom. The van der Waals surface area contributed by atoms with Gasteiger partial charge in [0.25, 0.3) is 0 Å². The second-order valence-corrected chi connectivity index (χ2v) is 6.31. The quantitative estimate of drug-likeness (QED) is 0.806. The minimum atomic E-state index is -1.18. The first-order chi connectivity index (χ1) is 8.67. The Bertz CT molecular complexity index is 349. The average molecular weight is 270 g/mol. The second kappa shape index (κ2) is 5.80. The van der Waals surface area contributed by atoms with E-state index in [4.69, 9.17) is 0 Å². The fourth-order valence-electron chi connectivity index (χ4n) is 1.79. The van der Waals surface area contributed by atoms with Crippen molar-refractivity contribution in [1.29, 1.82) is 0 Å². The summed E-state index contributed by atoms with van der Waals surface area (Å²) in [5.74, 6) is -0.449. The van der Waals surface area contributed by atoms with Gasteiger partial charge in [-0.05, 0) is 39.0 Å². The molecule has 0 aliphatic heterocycles. The van der Waals surface area contributed by atoms with E-state index < -0.39 is 11.5 Å². The highest BCUT2D eigenvalue weighted by Crippen LogP contribution is 2.29. The molecule has 5 nitrogen and oxygen atoms in total. The predicted molar refractivity (Wildman–Crippen MR) is 74.1 cm³/mol. The number of carboxylic acids is 1. The maximum Gasteiger partial charge on any atom is 0.329 e. The van der Waals surface area contributed by atoms with Crippen molar-refractivity contribution in [2.45, 2.75) is 58.5 Å². The summed E-state index contributed by atoms with van der Waals surface area (Å²) in [7, 11) is 1.57. The molecule has 0 aromatic rings. The fourth-order valence-corrected chi connectivity index (χ4v) is 1.79. The standard InChI is InChI=1S/C14H26N2O3/c1-10(2)8-9-16(11-6-7-11)13(19)15(5)14(3,4)12(17)18/h10-11H,6-9H2,1-5H3,(H,17,18). The molecule has 0 spiro atoms. The molecule has 0 unspecified atom stereocenters. The first-order valence-corrected chi connectivity index (χ1v) is 6.95. The molecule has 0 aromatic carbocycles. The summed E-state index contributed by atoms with van der Waals surface area (Å²) in [6.07, 6.45) is 3.01. The van der Waals surface area contributed by atoms with Crippen LogP contribution < -0.4 is 0 Å². The second-order valence-electron chi connectivity index (χ2n) is 6.31. The van der Waals surface area contributed by atoms with Gasteiger partial charge in [0.2, 0.25) is 0 Å². The smallest absolute Gasteiger partial charge is 0.329 e. The number of amides is 2. The monoisotopic (exact) mass is 270 g/mol. The Labute approximate surface area is 115 Å². The van der Waals surface area contributed by atoms with Crippen LogP contribution in [0.25, 0.3) is 0 Å². The van der Waals surface area contributed by atoms with Gasteiger partial charge in [-0.15, -0.1) is 0 Å². The Morgan fingerprint density at radius 2 is 1.84 bits per heavy atom. The van der Waals surface area contributed by atoms with Gasteiger partial charge in [0, 0.05) is 19.6 Å². The molecule has 1 N–H and O–H groups in total. The summed E-state index contributed by atoms with van der Waals surface area (Å²) in [6, 6.07) is 0.133. The fraction of sp³-hybridized carbons (Fsp3) is 0.857. The van der Waals surface area contributed by atoms with Crippen molar-refractivity contribution in [2.75, 3.05) is 13.6 Å². The summed E-state index contributed by atoms with van der Waals surface area (Å²) in [5.41, 5.74) is -1.18. The molecule has 0 saturated heterocycles. The first kappa shape index (κ1) is 15.8. The molecular weight excluding hydrogens is 244 g/mol. The third-order valence-electron chi connectivity index (χ3n) is 3.83. The molecule has 0 aromatic heterocycles. The van der Waals surface area contributed by atoms with Gasteiger partial charge in [0.05, 0.1) is 0 Å². The molecule has 19 heavy (non-hydrogen) atoms. The Morgan fingerprint density at radius 3 is 2.21 bits per heavy atom. The van der Waals surface area contributed by atoms with Crippen LogP contribution in [0.2, 0.25) is 0 Å². The number of hydrogen-bond acceptors (Lipinski definition) is 2. The van der Waals surface area contributed by atoms with E-state index in [1.165, 1.54) is 4.90 Å². The van der Waals surface area contributed by atoms with Crippen molar-refractivity contribution in [3.63, 3.8) is 0 Å². The third kappa shape index (κ3) is 3.85. The third-order valence-corrected chi connectivity index (χ3v) is 3.83. The SMILES string of the molecule is CC(C)CCN(C(=O)N(C)C(C)(C)C(=O)O)C1CC1. The summed E-state index contributed by atoms with van der Waals surface area (Å²) in [4.78, 5) is 26.9. The van der Waals surface area contributed by atoms with Crippen molar-refractivity contribution in [1.82, 2.24) is 9.80 Å². The topological polar surface area (TPSA) is 60.9 Å². The van der Waals surface area contributed by atoms with Gasteiger partial charge < -0.3 is 14.9 Å². The number of aliphatic carboxylic acids is 1. The molecule has 1 aliphatic rings. The average Bonchev–Trinajstić information content (AvgIpc) is 3.11. The van der Waals surface area contributed by atoms with Crippen molar-refractivity contribution >= 4 is 12.0 Å². The van der Waals surface area contributed by atoms with E-state index in [1.807, 2.05) is 4.90 Å². The number of carbonyl (C=O) groups is 2. The van der Waals surface area contributed by atoms with Gasteiger partial charge in [0.1, 0.15) is 5.54 Å². The van der Waals surface area contributed by atoms with Crippen molar-refractivity contribution in [3.05, 3.63) is 0 Å². The molecule has 110 valence electrons. The van der Waals surface area contributed by atoms with Crippen molar-refractivity contribution in [2.24, 2.45) is 5.92 Å². The Hall–Kier alpha value is -1.26. The zero-order valence-corrected chi connectivity index (χ0v) is 12.6. The van der Waals surface area contributed by atoms with Crippen LogP contribution in [0.3, 0.4) is 0 Å². The number of likely N-dealkylation sites (N-methyl/N-ethyl adjacent to an activating group) is 1. The Balaban J connectivity index is 2.73. The molecule has 0 atom stereocenters. The number of nitrogens with zero attached hydrogens (tertiary/aromatic N) is 2. The number of hydrogen-bond donors (Lipinski definition) is 1. The van der Waals surface area contributed by atoms with E-state index in [0.717, 1.165) is 19.3 Å². The lowest BCUT2D eigenvalue weighted by atomic mass is 10.0. The van der Waals surface area contributed by atoms with Crippen LogP contribution in [-0.4, -0.2) is 52.1 Å². The number of carboxylic acid groups (broad SMARTS) is 1. The van der Waals surface area contributed by atoms with Crippen LogP contribution in [-0.2, 0) is 4.79 Å². The molecule has 1 saturated carbocycles. The highest BCUT2D eigenvalue weighted by molar-refractivity contribution is 5.85. The largest absolute Gasteiger partial charge is 0.480 e. The van der Waals surface area contributed by atoms with Crippen LogP contribution in [0.15, 0.2) is 0 Å². The first-order valence-electron chi connectivity index (χ1n) is 6.95.